The molecule has 2 aromatic carbocycles. The van der Waals surface area contributed by atoms with Gasteiger partial charge in [-0.15, -0.1) is 0 Å². The molecule has 23 heavy (non-hydrogen) atoms. The Morgan fingerprint density at radius 3 is 2.04 bits per heavy atom. The van der Waals surface area contributed by atoms with Crippen molar-refractivity contribution in [3.05, 3.63) is 82.0 Å². The van der Waals surface area contributed by atoms with Crippen LogP contribution in [-0.4, -0.2) is 11.9 Å². The Morgan fingerprint density at radius 1 is 1.00 bits per heavy atom. The van der Waals surface area contributed by atoms with Crippen LogP contribution in [0, 0.1) is 0 Å². The van der Waals surface area contributed by atoms with E-state index >= 15 is 0 Å². The third kappa shape index (κ3) is 5.30. The topological polar surface area (TPSA) is 3.24 Å². The van der Waals surface area contributed by atoms with Crippen molar-refractivity contribution in [2.75, 3.05) is 7.05 Å². The molecule has 124 valence electrons. The van der Waals surface area contributed by atoms with Gasteiger partial charge in [-0.25, -0.2) is 0 Å². The van der Waals surface area contributed by atoms with Gasteiger partial charge in [0.25, 0.3) is 0 Å². The van der Waals surface area contributed by atoms with Crippen LogP contribution in [0.3, 0.4) is 0 Å². The molecule has 2 aromatic rings. The van der Waals surface area contributed by atoms with Gasteiger partial charge >= 0.3 is 0 Å². The highest BCUT2D eigenvalue weighted by atomic mass is 35.5. The number of hydrogen-bond donors (Lipinski definition) is 0. The molecule has 0 N–H and O–H groups in total. The minimum absolute atomic E-state index is 0.248. The molecule has 0 amide bonds. The molecule has 0 aliphatic heterocycles. The Balaban J connectivity index is 0.00000127. The fraction of sp³-hybridized carbons (Fsp3) is 0.300. The Hall–Kier alpha value is -1.44. The minimum atomic E-state index is 0.248. The summed E-state index contributed by atoms with van der Waals surface area (Å²) in [7, 11) is 2.02. The van der Waals surface area contributed by atoms with Crippen LogP contribution in [0.25, 0.3) is 0 Å². The monoisotopic (exact) mass is 349 g/mol. The number of halogens is 2. The SMILES string of the molecule is C=C(C(C)c1ccccc1)N(C)Cc1c(Cl)cccc1Cl.CC. The fourth-order valence-corrected chi connectivity index (χ4v) is 2.80. The summed E-state index contributed by atoms with van der Waals surface area (Å²) in [6, 6.07) is 15.9. The van der Waals surface area contributed by atoms with E-state index in [0.717, 1.165) is 11.3 Å². The van der Waals surface area contributed by atoms with Gasteiger partial charge in [0.05, 0.1) is 0 Å². The van der Waals surface area contributed by atoms with Crippen molar-refractivity contribution in [3.8, 4) is 0 Å². The van der Waals surface area contributed by atoms with Gasteiger partial charge in [0.15, 0.2) is 0 Å². The normalized spacial score (nSPS) is 11.2. The van der Waals surface area contributed by atoms with Gasteiger partial charge in [0, 0.05) is 40.8 Å². The molecule has 0 saturated carbocycles. The van der Waals surface area contributed by atoms with Crippen LogP contribution in [0.5, 0.6) is 0 Å². The van der Waals surface area contributed by atoms with E-state index in [1.165, 1.54) is 5.56 Å². The summed E-state index contributed by atoms with van der Waals surface area (Å²) in [5.41, 5.74) is 3.22. The highest BCUT2D eigenvalue weighted by molar-refractivity contribution is 6.35. The van der Waals surface area contributed by atoms with E-state index < -0.39 is 0 Å². The second-order valence-corrected chi connectivity index (χ2v) is 5.99. The number of hydrogen-bond acceptors (Lipinski definition) is 1. The van der Waals surface area contributed by atoms with E-state index in [0.29, 0.717) is 16.6 Å². The maximum atomic E-state index is 6.23. The molecular formula is C20H25Cl2N. The van der Waals surface area contributed by atoms with E-state index in [1.54, 1.807) is 0 Å². The van der Waals surface area contributed by atoms with Crippen LogP contribution < -0.4 is 0 Å². The van der Waals surface area contributed by atoms with Gasteiger partial charge in [-0.2, -0.15) is 0 Å². The molecule has 0 aromatic heterocycles. The molecule has 0 spiro atoms. The zero-order valence-electron chi connectivity index (χ0n) is 14.3. The minimum Gasteiger partial charge on any atom is -0.373 e. The van der Waals surface area contributed by atoms with Gasteiger partial charge in [0.2, 0.25) is 0 Å². The van der Waals surface area contributed by atoms with E-state index in [9.17, 15) is 0 Å². The van der Waals surface area contributed by atoms with Gasteiger partial charge in [-0.05, 0) is 17.7 Å². The maximum Gasteiger partial charge on any atom is 0.0470 e. The van der Waals surface area contributed by atoms with Gasteiger partial charge in [-0.1, -0.05) is 87.0 Å². The predicted octanol–water partition coefficient (Wildman–Crippen LogP) is 6.77. The van der Waals surface area contributed by atoms with Crippen molar-refractivity contribution in [1.29, 1.82) is 0 Å². The summed E-state index contributed by atoms with van der Waals surface area (Å²) in [6.45, 7) is 11.0. The number of benzene rings is 2. The Labute approximate surface area is 150 Å². The van der Waals surface area contributed by atoms with Crippen LogP contribution in [0.1, 0.15) is 37.8 Å². The molecule has 1 atom stereocenters. The Morgan fingerprint density at radius 2 is 1.52 bits per heavy atom. The number of likely N-dealkylation sites (N-methyl/N-ethyl adjacent to an activating group) is 1. The van der Waals surface area contributed by atoms with Crippen LogP contribution in [0.2, 0.25) is 10.0 Å². The zero-order valence-corrected chi connectivity index (χ0v) is 15.8. The van der Waals surface area contributed by atoms with Crippen LogP contribution in [0.4, 0.5) is 0 Å². The summed E-state index contributed by atoms with van der Waals surface area (Å²) in [6.07, 6.45) is 0. The number of rotatable bonds is 5. The lowest BCUT2D eigenvalue weighted by Crippen LogP contribution is -2.20. The van der Waals surface area contributed by atoms with Crippen LogP contribution in [-0.2, 0) is 6.54 Å². The average Bonchev–Trinajstić information content (AvgIpc) is 2.59. The smallest absolute Gasteiger partial charge is 0.0470 e. The van der Waals surface area contributed by atoms with Crippen molar-refractivity contribution in [3.63, 3.8) is 0 Å². The molecule has 0 fully saturated rings. The first kappa shape index (κ1) is 19.6. The molecule has 0 bridgehead atoms. The van der Waals surface area contributed by atoms with E-state index in [4.69, 9.17) is 23.2 Å². The Kier molecular flexibility index (Phi) is 8.22. The standard InChI is InChI=1S/C18H19Cl2N.C2H6/c1-13(15-8-5-4-6-9-15)14(2)21(3)12-16-17(19)10-7-11-18(16)20;1-2/h4-11,13H,2,12H2,1,3H3;1-2H3. The largest absolute Gasteiger partial charge is 0.373 e. The molecule has 1 nitrogen and oxygen atoms in total. The third-order valence-electron chi connectivity index (χ3n) is 3.75. The highest BCUT2D eigenvalue weighted by Gasteiger charge is 2.15. The summed E-state index contributed by atoms with van der Waals surface area (Å²) >= 11 is 12.5. The molecule has 0 saturated heterocycles. The Bertz CT molecular complexity index is 603. The molecule has 0 aliphatic carbocycles. The van der Waals surface area contributed by atoms with Gasteiger partial charge in [-0.3, -0.25) is 0 Å². The molecule has 0 radical (unpaired) electrons. The molecule has 0 heterocycles. The van der Waals surface area contributed by atoms with Gasteiger partial charge in [0.1, 0.15) is 0 Å². The van der Waals surface area contributed by atoms with Crippen molar-refractivity contribution < 1.29 is 0 Å². The summed E-state index contributed by atoms with van der Waals surface area (Å²) in [4.78, 5) is 2.10. The predicted molar refractivity (Wildman–Crippen MR) is 103 cm³/mol. The maximum absolute atomic E-state index is 6.23. The quantitative estimate of drug-likeness (QED) is 0.575. The molecule has 1 unspecified atom stereocenters. The molecular weight excluding hydrogens is 325 g/mol. The van der Waals surface area contributed by atoms with E-state index in [2.05, 4.69) is 30.5 Å². The lowest BCUT2D eigenvalue weighted by Gasteiger charge is -2.27. The van der Waals surface area contributed by atoms with Crippen molar-refractivity contribution in [2.45, 2.75) is 33.2 Å². The summed E-state index contributed by atoms with van der Waals surface area (Å²) in [5, 5.41) is 1.38. The van der Waals surface area contributed by atoms with E-state index in [-0.39, 0.29) is 5.92 Å². The molecule has 3 heteroatoms. The number of allylic oxidation sites excluding steroid dienone is 1. The molecule has 0 aliphatic rings. The second-order valence-electron chi connectivity index (χ2n) is 5.18. The zero-order chi connectivity index (χ0) is 17.4. The number of nitrogens with zero attached hydrogens (tertiary/aromatic N) is 1. The first-order chi connectivity index (χ1) is 11.0. The average molecular weight is 350 g/mol. The molecule has 2 rings (SSSR count). The van der Waals surface area contributed by atoms with Crippen molar-refractivity contribution in [2.24, 2.45) is 0 Å². The first-order valence-corrected chi connectivity index (χ1v) is 8.64. The van der Waals surface area contributed by atoms with Crippen molar-refractivity contribution in [1.82, 2.24) is 4.90 Å². The first-order valence-electron chi connectivity index (χ1n) is 7.88. The van der Waals surface area contributed by atoms with E-state index in [1.807, 2.05) is 57.3 Å². The van der Waals surface area contributed by atoms with Crippen molar-refractivity contribution >= 4 is 23.2 Å². The fourth-order valence-electron chi connectivity index (χ4n) is 2.29. The lowest BCUT2D eigenvalue weighted by molar-refractivity contribution is 0.387. The van der Waals surface area contributed by atoms with Gasteiger partial charge < -0.3 is 4.90 Å². The second kappa shape index (κ2) is 9.64. The summed E-state index contributed by atoms with van der Waals surface area (Å²) in [5.74, 6) is 0.248. The lowest BCUT2D eigenvalue weighted by atomic mass is 9.97. The third-order valence-corrected chi connectivity index (χ3v) is 4.45. The van der Waals surface area contributed by atoms with Crippen LogP contribution in [0.15, 0.2) is 60.8 Å². The van der Waals surface area contributed by atoms with Crippen LogP contribution >= 0.6 is 23.2 Å². The summed E-state index contributed by atoms with van der Waals surface area (Å²) < 4.78 is 0. The highest BCUT2D eigenvalue weighted by Crippen LogP contribution is 2.29.